The number of hydrogen-bond acceptors (Lipinski definition) is 3. The van der Waals surface area contributed by atoms with Crippen LogP contribution in [0, 0.1) is 6.92 Å². The van der Waals surface area contributed by atoms with E-state index in [1.807, 2.05) is 54.3 Å². The Morgan fingerprint density at radius 2 is 1.83 bits per heavy atom. The van der Waals surface area contributed by atoms with Gasteiger partial charge in [-0.05, 0) is 37.3 Å². The number of aryl methyl sites for hydroxylation is 1. The van der Waals surface area contributed by atoms with Crippen molar-refractivity contribution in [3.05, 3.63) is 58.6 Å². The average Bonchev–Trinajstić information content (AvgIpc) is 2.61. The summed E-state index contributed by atoms with van der Waals surface area (Å²) in [6.07, 6.45) is 0. The molecule has 1 fully saturated rings. The molecule has 0 unspecified atom stereocenters. The predicted molar refractivity (Wildman–Crippen MR) is 97.3 cm³/mol. The van der Waals surface area contributed by atoms with Crippen LogP contribution < -0.4 is 9.64 Å². The third kappa shape index (κ3) is 3.49. The minimum Gasteiger partial charge on any atom is -0.495 e. The van der Waals surface area contributed by atoms with E-state index in [9.17, 15) is 4.79 Å². The zero-order chi connectivity index (χ0) is 17.1. The number of benzene rings is 2. The van der Waals surface area contributed by atoms with E-state index in [0.717, 1.165) is 35.7 Å². The lowest BCUT2D eigenvalue weighted by molar-refractivity contribution is 0.0746. The summed E-state index contributed by atoms with van der Waals surface area (Å²) in [5, 5.41) is 0.684. The molecule has 0 aromatic heterocycles. The van der Waals surface area contributed by atoms with Crippen molar-refractivity contribution in [3.8, 4) is 5.75 Å². The first kappa shape index (κ1) is 16.7. The van der Waals surface area contributed by atoms with E-state index in [4.69, 9.17) is 16.3 Å². The van der Waals surface area contributed by atoms with E-state index in [0.29, 0.717) is 18.1 Å². The molecule has 1 aliphatic heterocycles. The number of piperazine rings is 1. The fourth-order valence-electron chi connectivity index (χ4n) is 3.02. The van der Waals surface area contributed by atoms with Crippen molar-refractivity contribution in [2.75, 3.05) is 38.2 Å². The Morgan fingerprint density at radius 3 is 2.50 bits per heavy atom. The van der Waals surface area contributed by atoms with Gasteiger partial charge in [0.2, 0.25) is 0 Å². The number of rotatable bonds is 3. The summed E-state index contributed by atoms with van der Waals surface area (Å²) >= 11 is 6.12. The smallest absolute Gasteiger partial charge is 0.253 e. The second-order valence-electron chi connectivity index (χ2n) is 5.96. The van der Waals surface area contributed by atoms with Crippen molar-refractivity contribution in [1.82, 2.24) is 4.90 Å². The lowest BCUT2D eigenvalue weighted by atomic mass is 10.1. The Hall–Kier alpha value is -2.20. The van der Waals surface area contributed by atoms with Gasteiger partial charge in [0, 0.05) is 36.8 Å². The first-order chi connectivity index (χ1) is 11.6. The molecule has 0 N–H and O–H groups in total. The zero-order valence-electron chi connectivity index (χ0n) is 14.0. The summed E-state index contributed by atoms with van der Waals surface area (Å²) < 4.78 is 5.43. The van der Waals surface area contributed by atoms with Gasteiger partial charge in [-0.2, -0.15) is 0 Å². The molecular weight excluding hydrogens is 324 g/mol. The maximum absolute atomic E-state index is 12.6. The normalized spacial score (nSPS) is 14.6. The third-order valence-corrected chi connectivity index (χ3v) is 4.55. The largest absolute Gasteiger partial charge is 0.495 e. The van der Waals surface area contributed by atoms with Gasteiger partial charge in [0.15, 0.2) is 0 Å². The minimum atomic E-state index is 0.0939. The fourth-order valence-corrected chi connectivity index (χ4v) is 3.19. The molecule has 0 aliphatic carbocycles. The summed E-state index contributed by atoms with van der Waals surface area (Å²) in [4.78, 5) is 16.8. The van der Waals surface area contributed by atoms with E-state index < -0.39 is 0 Å². The van der Waals surface area contributed by atoms with Crippen molar-refractivity contribution in [2.45, 2.75) is 6.92 Å². The first-order valence-electron chi connectivity index (χ1n) is 8.03. The Kier molecular flexibility index (Phi) is 4.95. The summed E-state index contributed by atoms with van der Waals surface area (Å²) in [6, 6.07) is 13.4. The molecule has 24 heavy (non-hydrogen) atoms. The van der Waals surface area contributed by atoms with Gasteiger partial charge in [0.05, 0.1) is 12.8 Å². The molecule has 0 saturated carbocycles. The molecule has 0 atom stereocenters. The summed E-state index contributed by atoms with van der Waals surface area (Å²) in [5.41, 5.74) is 2.83. The molecule has 126 valence electrons. The van der Waals surface area contributed by atoms with Gasteiger partial charge < -0.3 is 14.5 Å². The third-order valence-electron chi connectivity index (χ3n) is 4.31. The summed E-state index contributed by atoms with van der Waals surface area (Å²) in [7, 11) is 1.66. The number of halogens is 1. The molecule has 0 bridgehead atoms. The van der Waals surface area contributed by atoms with Crippen LogP contribution in [0.3, 0.4) is 0 Å². The first-order valence-corrected chi connectivity index (χ1v) is 8.40. The highest BCUT2D eigenvalue weighted by atomic mass is 35.5. The second kappa shape index (κ2) is 7.14. The molecule has 1 aliphatic rings. The van der Waals surface area contributed by atoms with E-state index in [-0.39, 0.29) is 5.91 Å². The maximum Gasteiger partial charge on any atom is 0.253 e. The molecule has 1 heterocycles. The fraction of sp³-hybridized carbons (Fsp3) is 0.316. The van der Waals surface area contributed by atoms with Crippen molar-refractivity contribution in [3.63, 3.8) is 0 Å². The van der Waals surface area contributed by atoms with Gasteiger partial charge in [-0.15, -0.1) is 0 Å². The lowest BCUT2D eigenvalue weighted by Gasteiger charge is -2.36. The van der Waals surface area contributed by atoms with Crippen LogP contribution in [0.15, 0.2) is 42.5 Å². The Balaban J connectivity index is 1.70. The topological polar surface area (TPSA) is 32.8 Å². The summed E-state index contributed by atoms with van der Waals surface area (Å²) in [6.45, 7) is 4.88. The quantitative estimate of drug-likeness (QED) is 0.852. The van der Waals surface area contributed by atoms with Crippen LogP contribution in [0.5, 0.6) is 5.75 Å². The number of hydrogen-bond donors (Lipinski definition) is 0. The van der Waals surface area contributed by atoms with Gasteiger partial charge in [-0.1, -0.05) is 29.3 Å². The van der Waals surface area contributed by atoms with Gasteiger partial charge in [-0.25, -0.2) is 0 Å². The Bertz CT molecular complexity index is 740. The molecule has 1 amide bonds. The highest BCUT2D eigenvalue weighted by Gasteiger charge is 2.24. The number of methoxy groups -OCH3 is 1. The van der Waals surface area contributed by atoms with E-state index in [1.165, 1.54) is 0 Å². The summed E-state index contributed by atoms with van der Waals surface area (Å²) in [5.74, 6) is 0.897. The van der Waals surface area contributed by atoms with Gasteiger partial charge in [0.1, 0.15) is 5.75 Å². The number of carbonyl (C=O) groups excluding carboxylic acids is 1. The number of anilines is 1. The van der Waals surface area contributed by atoms with E-state index >= 15 is 0 Å². The average molecular weight is 345 g/mol. The van der Waals surface area contributed by atoms with Gasteiger partial charge >= 0.3 is 0 Å². The number of nitrogens with zero attached hydrogens (tertiary/aromatic N) is 2. The monoisotopic (exact) mass is 344 g/mol. The van der Waals surface area contributed by atoms with Crippen molar-refractivity contribution in [1.29, 1.82) is 0 Å². The molecule has 0 spiro atoms. The van der Waals surface area contributed by atoms with Crippen LogP contribution >= 0.6 is 11.6 Å². The van der Waals surface area contributed by atoms with Crippen LogP contribution in [0.1, 0.15) is 15.9 Å². The van der Waals surface area contributed by atoms with Crippen molar-refractivity contribution in [2.24, 2.45) is 0 Å². The molecule has 0 radical (unpaired) electrons. The SMILES string of the molecule is COc1ccc(Cl)cc1N1CCN(C(=O)c2cccc(C)c2)CC1. The van der Waals surface area contributed by atoms with Crippen LogP contribution in [0.25, 0.3) is 0 Å². The number of ether oxygens (including phenoxy) is 1. The van der Waals surface area contributed by atoms with Crippen LogP contribution in [0.4, 0.5) is 5.69 Å². The van der Waals surface area contributed by atoms with Crippen LogP contribution in [-0.4, -0.2) is 44.1 Å². The highest BCUT2D eigenvalue weighted by Crippen LogP contribution is 2.32. The molecular formula is C19H21ClN2O2. The molecule has 4 nitrogen and oxygen atoms in total. The molecule has 5 heteroatoms. The highest BCUT2D eigenvalue weighted by molar-refractivity contribution is 6.30. The van der Waals surface area contributed by atoms with E-state index in [2.05, 4.69) is 4.90 Å². The van der Waals surface area contributed by atoms with Crippen LogP contribution in [-0.2, 0) is 0 Å². The van der Waals surface area contributed by atoms with E-state index in [1.54, 1.807) is 7.11 Å². The molecule has 1 saturated heterocycles. The maximum atomic E-state index is 12.6. The number of amides is 1. The van der Waals surface area contributed by atoms with Crippen molar-refractivity contribution < 1.29 is 9.53 Å². The molecule has 2 aromatic rings. The zero-order valence-corrected chi connectivity index (χ0v) is 14.7. The Labute approximate surface area is 147 Å². The molecule has 2 aromatic carbocycles. The molecule has 3 rings (SSSR count). The lowest BCUT2D eigenvalue weighted by Crippen LogP contribution is -2.48. The van der Waals surface area contributed by atoms with Gasteiger partial charge in [0.25, 0.3) is 5.91 Å². The second-order valence-corrected chi connectivity index (χ2v) is 6.40. The standard InChI is InChI=1S/C19H21ClN2O2/c1-14-4-3-5-15(12-14)19(23)22-10-8-21(9-11-22)17-13-16(20)6-7-18(17)24-2/h3-7,12-13H,8-11H2,1-2H3. The van der Waals surface area contributed by atoms with Crippen molar-refractivity contribution >= 4 is 23.2 Å². The number of carbonyl (C=O) groups is 1. The van der Waals surface area contributed by atoms with Crippen LogP contribution in [0.2, 0.25) is 5.02 Å². The Morgan fingerprint density at radius 1 is 1.08 bits per heavy atom. The minimum absolute atomic E-state index is 0.0939. The van der Waals surface area contributed by atoms with Gasteiger partial charge in [-0.3, -0.25) is 4.79 Å². The predicted octanol–water partition coefficient (Wildman–Crippen LogP) is 3.62.